The molecule has 0 aliphatic heterocycles. The summed E-state index contributed by atoms with van der Waals surface area (Å²) in [5, 5.41) is 0. The van der Waals surface area contributed by atoms with Gasteiger partial charge in [0.1, 0.15) is 11.6 Å². The molecule has 0 aromatic heterocycles. The molecule has 0 aliphatic carbocycles. The average Bonchev–Trinajstić information content (AvgIpc) is 2.36. The SMILES string of the molecule is CC.CC(=O)CN(CC(C)(C)CC(C)C)C(C)(C)CC(C)(C)C(C)=O. The molecule has 25 heavy (non-hydrogen) atoms. The first-order valence-electron chi connectivity index (χ1n) is 9.85. The summed E-state index contributed by atoms with van der Waals surface area (Å²) < 4.78 is 0. The topological polar surface area (TPSA) is 37.4 Å². The van der Waals surface area contributed by atoms with Crippen molar-refractivity contribution >= 4 is 11.6 Å². The van der Waals surface area contributed by atoms with Crippen LogP contribution < -0.4 is 0 Å². The Morgan fingerprint density at radius 2 is 1.36 bits per heavy atom. The second-order valence-electron chi connectivity index (χ2n) is 9.75. The summed E-state index contributed by atoms with van der Waals surface area (Å²) in [5.74, 6) is 1.01. The molecule has 0 rings (SSSR count). The quantitative estimate of drug-likeness (QED) is 0.500. The van der Waals surface area contributed by atoms with Crippen LogP contribution in [0.4, 0.5) is 0 Å². The molecule has 3 heteroatoms. The van der Waals surface area contributed by atoms with Crippen molar-refractivity contribution in [3.05, 3.63) is 0 Å². The largest absolute Gasteiger partial charge is 0.299 e. The van der Waals surface area contributed by atoms with E-state index in [1.54, 1.807) is 13.8 Å². The Hall–Kier alpha value is -0.700. The molecule has 0 heterocycles. The van der Waals surface area contributed by atoms with E-state index < -0.39 is 0 Å². The number of ketones is 2. The Bertz CT molecular complexity index is 420. The van der Waals surface area contributed by atoms with E-state index in [1.165, 1.54) is 0 Å². The first kappa shape index (κ1) is 26.5. The lowest BCUT2D eigenvalue weighted by molar-refractivity contribution is -0.127. The zero-order valence-corrected chi connectivity index (χ0v) is 19.2. The van der Waals surface area contributed by atoms with Crippen LogP contribution >= 0.6 is 0 Å². The summed E-state index contributed by atoms with van der Waals surface area (Å²) >= 11 is 0. The van der Waals surface area contributed by atoms with Crippen LogP contribution in [0.5, 0.6) is 0 Å². The summed E-state index contributed by atoms with van der Waals surface area (Å²) in [5.41, 5.74) is -0.433. The number of carbonyl (C=O) groups is 2. The van der Waals surface area contributed by atoms with Crippen molar-refractivity contribution in [2.24, 2.45) is 16.7 Å². The Labute approximate surface area is 157 Å². The minimum Gasteiger partial charge on any atom is -0.299 e. The van der Waals surface area contributed by atoms with Crippen molar-refractivity contribution in [3.63, 3.8) is 0 Å². The number of hydrogen-bond donors (Lipinski definition) is 0. The molecule has 0 spiro atoms. The van der Waals surface area contributed by atoms with Gasteiger partial charge in [-0.1, -0.05) is 55.4 Å². The summed E-state index contributed by atoms with van der Waals surface area (Å²) in [4.78, 5) is 26.0. The van der Waals surface area contributed by atoms with Gasteiger partial charge in [0.15, 0.2) is 0 Å². The normalized spacial score (nSPS) is 12.9. The van der Waals surface area contributed by atoms with E-state index in [4.69, 9.17) is 0 Å². The highest BCUT2D eigenvalue weighted by Crippen LogP contribution is 2.35. The molecule has 0 N–H and O–H groups in total. The Kier molecular flexibility index (Phi) is 11.1. The smallest absolute Gasteiger partial charge is 0.143 e. The number of rotatable bonds is 10. The molecule has 0 aromatic rings. The molecule has 0 aromatic carbocycles. The highest BCUT2D eigenvalue weighted by atomic mass is 16.1. The van der Waals surface area contributed by atoms with Crippen LogP contribution in [0, 0.1) is 16.7 Å². The summed E-state index contributed by atoms with van der Waals surface area (Å²) in [6.45, 7) is 26.0. The van der Waals surface area contributed by atoms with Gasteiger partial charge in [-0.2, -0.15) is 0 Å². The third-order valence-electron chi connectivity index (χ3n) is 4.68. The van der Waals surface area contributed by atoms with Crippen LogP contribution in [0.1, 0.15) is 95.9 Å². The third-order valence-corrected chi connectivity index (χ3v) is 4.68. The van der Waals surface area contributed by atoms with E-state index in [9.17, 15) is 9.59 Å². The van der Waals surface area contributed by atoms with Crippen molar-refractivity contribution in [1.29, 1.82) is 0 Å². The van der Waals surface area contributed by atoms with Gasteiger partial charge in [-0.15, -0.1) is 0 Å². The van der Waals surface area contributed by atoms with E-state index >= 15 is 0 Å². The van der Waals surface area contributed by atoms with Crippen LogP contribution in [0.15, 0.2) is 0 Å². The number of hydrogen-bond acceptors (Lipinski definition) is 3. The minimum absolute atomic E-state index is 0.140. The summed E-state index contributed by atoms with van der Waals surface area (Å²) in [6.07, 6.45) is 1.87. The van der Waals surface area contributed by atoms with Gasteiger partial charge in [0, 0.05) is 17.5 Å². The monoisotopic (exact) mass is 355 g/mol. The predicted molar refractivity (Wildman–Crippen MR) is 110 cm³/mol. The van der Waals surface area contributed by atoms with E-state index in [1.807, 2.05) is 27.7 Å². The van der Waals surface area contributed by atoms with Gasteiger partial charge < -0.3 is 0 Å². The maximum absolute atomic E-state index is 11.9. The second kappa shape index (κ2) is 10.4. The third kappa shape index (κ3) is 10.8. The van der Waals surface area contributed by atoms with E-state index in [0.29, 0.717) is 12.5 Å². The number of Topliss-reactive ketones (excluding diaryl/α,β-unsaturated/α-hetero) is 2. The lowest BCUT2D eigenvalue weighted by atomic mass is 9.75. The standard InChI is InChI=1S/C20H39NO2.C2H6/c1-15(2)11-18(5,6)14-21(12-16(3)22)20(9,10)13-19(7,8)17(4)23;1-2/h15H,11-14H2,1-10H3;1-2H3. The molecule has 150 valence electrons. The minimum atomic E-state index is -0.374. The van der Waals surface area contributed by atoms with Gasteiger partial charge in [-0.25, -0.2) is 0 Å². The van der Waals surface area contributed by atoms with Crippen molar-refractivity contribution in [2.75, 3.05) is 13.1 Å². The molecule has 0 saturated carbocycles. The van der Waals surface area contributed by atoms with E-state index in [2.05, 4.69) is 46.4 Å². The molecule has 0 atom stereocenters. The van der Waals surface area contributed by atoms with Gasteiger partial charge >= 0.3 is 0 Å². The van der Waals surface area contributed by atoms with Crippen LogP contribution in [-0.2, 0) is 9.59 Å². The fourth-order valence-corrected chi connectivity index (χ4v) is 3.76. The summed E-state index contributed by atoms with van der Waals surface area (Å²) in [6, 6.07) is 0. The summed E-state index contributed by atoms with van der Waals surface area (Å²) in [7, 11) is 0. The predicted octanol–water partition coefficient (Wildman–Crippen LogP) is 5.76. The van der Waals surface area contributed by atoms with Crippen LogP contribution in [-0.4, -0.2) is 35.1 Å². The molecule has 0 radical (unpaired) electrons. The Morgan fingerprint density at radius 1 is 0.920 bits per heavy atom. The average molecular weight is 356 g/mol. The first-order chi connectivity index (χ1) is 11.1. The zero-order valence-electron chi connectivity index (χ0n) is 19.2. The van der Waals surface area contributed by atoms with E-state index in [0.717, 1.165) is 19.4 Å². The maximum Gasteiger partial charge on any atom is 0.143 e. The van der Waals surface area contributed by atoms with Crippen molar-refractivity contribution in [3.8, 4) is 0 Å². The second-order valence-corrected chi connectivity index (χ2v) is 9.75. The number of nitrogens with zero attached hydrogens (tertiary/aromatic N) is 1. The Morgan fingerprint density at radius 3 is 1.68 bits per heavy atom. The van der Waals surface area contributed by atoms with Gasteiger partial charge in [-0.05, 0) is 51.9 Å². The maximum atomic E-state index is 11.9. The van der Waals surface area contributed by atoms with Gasteiger partial charge in [0.25, 0.3) is 0 Å². The Balaban J connectivity index is 0. The highest BCUT2D eigenvalue weighted by molar-refractivity contribution is 5.81. The van der Waals surface area contributed by atoms with Crippen molar-refractivity contribution in [1.82, 2.24) is 4.90 Å². The van der Waals surface area contributed by atoms with Gasteiger partial charge in [-0.3, -0.25) is 14.5 Å². The molecule has 3 nitrogen and oxygen atoms in total. The molecule has 0 fully saturated rings. The molecule has 0 unspecified atom stereocenters. The first-order valence-corrected chi connectivity index (χ1v) is 9.85. The van der Waals surface area contributed by atoms with E-state index in [-0.39, 0.29) is 27.9 Å². The molecule has 0 bridgehead atoms. The lowest BCUT2D eigenvalue weighted by Gasteiger charge is -2.46. The van der Waals surface area contributed by atoms with Crippen LogP contribution in [0.3, 0.4) is 0 Å². The molecule has 0 amide bonds. The van der Waals surface area contributed by atoms with Gasteiger partial charge in [0.05, 0.1) is 6.54 Å². The fourth-order valence-electron chi connectivity index (χ4n) is 3.76. The molecule has 0 saturated heterocycles. The van der Waals surface area contributed by atoms with Crippen LogP contribution in [0.25, 0.3) is 0 Å². The van der Waals surface area contributed by atoms with Crippen molar-refractivity contribution in [2.45, 2.75) is 101 Å². The van der Waals surface area contributed by atoms with Crippen LogP contribution in [0.2, 0.25) is 0 Å². The molecule has 0 aliphatic rings. The lowest BCUT2D eigenvalue weighted by Crippen LogP contribution is -2.52. The van der Waals surface area contributed by atoms with Gasteiger partial charge in [0.2, 0.25) is 0 Å². The zero-order chi connectivity index (χ0) is 20.6. The number of carbonyl (C=O) groups excluding carboxylic acids is 2. The molecular weight excluding hydrogens is 310 g/mol. The molecular formula is C22H45NO2. The fraction of sp³-hybridized carbons (Fsp3) is 0.909. The van der Waals surface area contributed by atoms with Crippen molar-refractivity contribution < 1.29 is 9.59 Å². The highest BCUT2D eigenvalue weighted by Gasteiger charge is 2.38.